The van der Waals surface area contributed by atoms with Gasteiger partial charge in [0, 0.05) is 20.5 Å². The van der Waals surface area contributed by atoms with E-state index in [4.69, 9.17) is 13.9 Å². The monoisotopic (exact) mass is 666 g/mol. The Morgan fingerprint density at radius 2 is 1.80 bits per heavy atom. The molecule has 4 aromatic rings. The highest BCUT2D eigenvalue weighted by Crippen LogP contribution is 2.39. The third-order valence-corrected chi connectivity index (χ3v) is 14.8. The highest BCUT2D eigenvalue weighted by molar-refractivity contribution is 8.76. The zero-order valence-corrected chi connectivity index (χ0v) is 29.5. The van der Waals surface area contributed by atoms with Gasteiger partial charge in [0.2, 0.25) is 5.95 Å². The molecule has 0 bridgehead atoms. The molecule has 0 aliphatic carbocycles. The zero-order valence-electron chi connectivity index (χ0n) is 26.8. The van der Waals surface area contributed by atoms with Gasteiger partial charge in [0.15, 0.2) is 11.9 Å². The molecule has 4 atom stereocenters. The molecule has 0 spiro atoms. The summed E-state index contributed by atoms with van der Waals surface area (Å²) in [6.07, 6.45) is 4.52. The fourth-order valence-corrected chi connectivity index (χ4v) is 11.9. The van der Waals surface area contributed by atoms with E-state index in [1.807, 2.05) is 39.4 Å². The molecule has 3 heterocycles. The van der Waals surface area contributed by atoms with E-state index < -0.39 is 14.5 Å². The van der Waals surface area contributed by atoms with Gasteiger partial charge in [-0.25, -0.2) is 9.67 Å². The van der Waals surface area contributed by atoms with Gasteiger partial charge in [-0.3, -0.25) is 9.78 Å². The van der Waals surface area contributed by atoms with Crippen molar-refractivity contribution >= 4 is 63.6 Å². The van der Waals surface area contributed by atoms with Crippen molar-refractivity contribution < 1.29 is 13.9 Å². The number of fused-ring (bicyclic) bond motifs is 1. The maximum atomic E-state index is 12.9. The number of aromatic amines is 1. The summed E-state index contributed by atoms with van der Waals surface area (Å²) in [6, 6.07) is 21.1. The lowest BCUT2D eigenvalue weighted by Gasteiger charge is -2.43. The van der Waals surface area contributed by atoms with Crippen molar-refractivity contribution in [2.75, 3.05) is 27.0 Å². The van der Waals surface area contributed by atoms with Crippen molar-refractivity contribution in [1.82, 2.24) is 24.6 Å². The number of rotatable bonds is 12. The van der Waals surface area contributed by atoms with Crippen LogP contribution in [0, 0.1) is 0 Å². The maximum absolute atomic E-state index is 12.9. The normalized spacial score (nSPS) is 19.8. The van der Waals surface area contributed by atoms with E-state index in [1.165, 1.54) is 16.6 Å². The summed E-state index contributed by atoms with van der Waals surface area (Å²) < 4.78 is 22.2. The Morgan fingerprint density at radius 3 is 2.38 bits per heavy atom. The van der Waals surface area contributed by atoms with Crippen LogP contribution in [0.2, 0.25) is 5.04 Å². The highest BCUT2D eigenvalue weighted by Gasteiger charge is 2.51. The quantitative estimate of drug-likeness (QED) is 0.0740. The number of benzene rings is 2. The number of aromatic nitrogens is 4. The average molecular weight is 667 g/mol. The topological polar surface area (TPSA) is 107 Å². The van der Waals surface area contributed by atoms with E-state index in [9.17, 15) is 4.79 Å². The van der Waals surface area contributed by atoms with Gasteiger partial charge in [0.05, 0.1) is 25.2 Å². The molecule has 13 heteroatoms. The number of ether oxygens (including phenoxy) is 2. The lowest BCUT2D eigenvalue weighted by Crippen LogP contribution is -2.67. The van der Waals surface area contributed by atoms with E-state index in [1.54, 1.807) is 37.5 Å². The third-order valence-electron chi connectivity index (χ3n) is 7.79. The van der Waals surface area contributed by atoms with Crippen molar-refractivity contribution in [3.63, 3.8) is 0 Å². The number of hydrogen-bond acceptors (Lipinski definition) is 9. The molecule has 1 saturated heterocycles. The largest absolute Gasteiger partial charge is 0.405 e. The second-order valence-corrected chi connectivity index (χ2v) is 19.3. The smallest absolute Gasteiger partial charge is 0.263 e. The Bertz CT molecular complexity index is 1600. The lowest BCUT2D eigenvalue weighted by molar-refractivity contribution is -0.0623. The number of hydrogen-bond donors (Lipinski definition) is 1. The molecule has 1 N–H and O–H groups in total. The van der Waals surface area contributed by atoms with Crippen LogP contribution in [-0.4, -0.2) is 83.9 Å². The molecule has 0 saturated carbocycles. The van der Waals surface area contributed by atoms with Crippen LogP contribution in [0.5, 0.6) is 0 Å². The molecule has 240 valence electrons. The maximum Gasteiger partial charge on any atom is 0.263 e. The van der Waals surface area contributed by atoms with E-state index in [0.29, 0.717) is 24.1 Å². The minimum Gasteiger partial charge on any atom is -0.405 e. The first-order valence-electron chi connectivity index (χ1n) is 15.0. The zero-order chi connectivity index (χ0) is 32.2. The van der Waals surface area contributed by atoms with Crippen molar-refractivity contribution in [2.45, 2.75) is 63.0 Å². The van der Waals surface area contributed by atoms with Crippen LogP contribution in [0.1, 0.15) is 40.3 Å². The van der Waals surface area contributed by atoms with Crippen molar-refractivity contribution in [3.8, 4) is 0 Å². The van der Waals surface area contributed by atoms with Crippen LogP contribution < -0.4 is 15.9 Å². The SMILES string of the molecule is CSS[C@H](C)OC1C[C@H](n2ncc3c(=O)[nH]c(/N=C\N(C)C)nc32)O[C@@H]1CO[Si](c1ccccc1)(c1ccccc1)C(C)(C)C. The minimum atomic E-state index is -2.81. The lowest BCUT2D eigenvalue weighted by atomic mass is 10.2. The number of aliphatic imine (C=N–C) groups is 1. The fraction of sp³-hybridized carbons (Fsp3) is 0.438. The second kappa shape index (κ2) is 14.2. The highest BCUT2D eigenvalue weighted by atomic mass is 33.1. The Labute approximate surface area is 273 Å². The molecular formula is C32H42N6O4S2Si. The van der Waals surface area contributed by atoms with Gasteiger partial charge >= 0.3 is 0 Å². The van der Waals surface area contributed by atoms with E-state index in [-0.39, 0.29) is 34.2 Å². The molecule has 2 aromatic carbocycles. The van der Waals surface area contributed by atoms with Crippen molar-refractivity contribution in [1.29, 1.82) is 0 Å². The molecule has 1 unspecified atom stereocenters. The van der Waals surface area contributed by atoms with Crippen molar-refractivity contribution in [2.24, 2.45) is 4.99 Å². The van der Waals surface area contributed by atoms with Gasteiger partial charge in [-0.1, -0.05) is 103 Å². The summed E-state index contributed by atoms with van der Waals surface area (Å²) in [5.74, 6) is 0.199. The van der Waals surface area contributed by atoms with Crippen LogP contribution in [0.3, 0.4) is 0 Å². The molecule has 0 radical (unpaired) electrons. The number of nitrogens with one attached hydrogen (secondary N) is 1. The van der Waals surface area contributed by atoms with Gasteiger partial charge < -0.3 is 18.8 Å². The molecule has 1 aliphatic rings. The second-order valence-electron chi connectivity index (χ2n) is 12.3. The molecule has 0 amide bonds. The summed E-state index contributed by atoms with van der Waals surface area (Å²) in [6.45, 7) is 9.17. The fourth-order valence-electron chi connectivity index (χ4n) is 5.88. The predicted octanol–water partition coefficient (Wildman–Crippen LogP) is 4.95. The Kier molecular flexibility index (Phi) is 10.6. The van der Waals surface area contributed by atoms with E-state index in [2.05, 4.69) is 89.4 Å². The molecule has 5 rings (SSSR count). The summed E-state index contributed by atoms with van der Waals surface area (Å²) in [5, 5.41) is 7.15. The van der Waals surface area contributed by atoms with Crippen molar-refractivity contribution in [3.05, 3.63) is 77.2 Å². The Hall–Kier alpha value is -2.94. The summed E-state index contributed by atoms with van der Waals surface area (Å²) in [7, 11) is 4.21. The molecule has 1 fully saturated rings. The summed E-state index contributed by atoms with van der Waals surface area (Å²) >= 11 is 0. The van der Waals surface area contributed by atoms with E-state index in [0.717, 1.165) is 0 Å². The van der Waals surface area contributed by atoms with Gasteiger partial charge in [-0.15, -0.1) is 0 Å². The Balaban J connectivity index is 1.50. The third kappa shape index (κ3) is 7.23. The van der Waals surface area contributed by atoms with Crippen LogP contribution in [0.4, 0.5) is 5.95 Å². The van der Waals surface area contributed by atoms with E-state index >= 15 is 0 Å². The molecule has 1 aliphatic heterocycles. The number of H-pyrrole nitrogens is 1. The predicted molar refractivity (Wildman–Crippen MR) is 188 cm³/mol. The molecule has 45 heavy (non-hydrogen) atoms. The first kappa shape index (κ1) is 33.4. The minimum absolute atomic E-state index is 0.0648. The van der Waals surface area contributed by atoms with Gasteiger partial charge in [0.25, 0.3) is 13.9 Å². The average Bonchev–Trinajstić information content (AvgIpc) is 3.61. The Morgan fingerprint density at radius 1 is 1.16 bits per heavy atom. The van der Waals surface area contributed by atoms with Crippen LogP contribution >= 0.6 is 21.6 Å². The number of nitrogens with zero attached hydrogens (tertiary/aromatic N) is 5. The molecular weight excluding hydrogens is 625 g/mol. The van der Waals surface area contributed by atoms with Gasteiger partial charge in [-0.05, 0) is 28.6 Å². The first-order valence-corrected chi connectivity index (χ1v) is 19.5. The van der Waals surface area contributed by atoms with Crippen LogP contribution in [0.25, 0.3) is 11.0 Å². The standard InChI is InChI=1S/C32H42N6O4S2Si/c1-22(44-43-7)41-26-18-28(38-29-25(19-34-38)30(39)36-31(35-29)33-21-37(5)6)42-27(26)20-40-45(32(2,3)4,23-14-10-8-11-15-23)24-16-12-9-13-17-24/h8-17,19,21-22,26-28H,18,20H2,1-7H3,(H,35,36,39)/b33-21-/t22-,26?,27-,28-/m1/s1. The van der Waals surface area contributed by atoms with Crippen LogP contribution in [0.15, 0.2) is 76.6 Å². The molecule has 10 nitrogen and oxygen atoms in total. The first-order chi connectivity index (χ1) is 21.5. The summed E-state index contributed by atoms with van der Waals surface area (Å²) in [5.41, 5.74) is 0.0398. The van der Waals surface area contributed by atoms with Gasteiger partial charge in [-0.2, -0.15) is 10.1 Å². The summed E-state index contributed by atoms with van der Waals surface area (Å²) in [4.78, 5) is 26.3. The van der Waals surface area contributed by atoms with Crippen LogP contribution in [-0.2, 0) is 13.9 Å². The van der Waals surface area contributed by atoms with Gasteiger partial charge in [0.1, 0.15) is 16.9 Å². The molecule has 2 aromatic heterocycles.